The second-order valence-electron chi connectivity index (χ2n) is 5.25. The van der Waals surface area contributed by atoms with E-state index >= 15 is 0 Å². The maximum absolute atomic E-state index is 12.1. The number of carbonyl (C=O) groups is 1. The van der Waals surface area contributed by atoms with Crippen molar-refractivity contribution in [1.82, 2.24) is 15.5 Å². The zero-order valence-corrected chi connectivity index (χ0v) is 13.1. The number of nitro benzene ring substituents is 1. The average Bonchev–Trinajstić information content (AvgIpc) is 3.13. The van der Waals surface area contributed by atoms with Crippen LogP contribution in [-0.4, -0.2) is 27.5 Å². The Morgan fingerprint density at radius 1 is 1.24 bits per heavy atom. The first kappa shape index (κ1) is 16.3. The molecule has 0 fully saturated rings. The van der Waals surface area contributed by atoms with Gasteiger partial charge in [-0.1, -0.05) is 23.4 Å². The third-order valence-corrected chi connectivity index (χ3v) is 3.51. The van der Waals surface area contributed by atoms with Crippen molar-refractivity contribution < 1.29 is 14.2 Å². The van der Waals surface area contributed by atoms with Crippen LogP contribution in [0.3, 0.4) is 0 Å². The molecule has 0 bridgehead atoms. The quantitative estimate of drug-likeness (QED) is 0.546. The van der Waals surface area contributed by atoms with Crippen LogP contribution in [0, 0.1) is 10.1 Å². The minimum atomic E-state index is -0.494. The van der Waals surface area contributed by atoms with Crippen molar-refractivity contribution in [2.75, 3.05) is 6.54 Å². The number of non-ortho nitro benzene ring substituents is 1. The largest absolute Gasteiger partial charge is 0.355 e. The topological polar surface area (TPSA) is 111 Å². The summed E-state index contributed by atoms with van der Waals surface area (Å²) in [6, 6.07) is 11.2. The molecule has 0 unspecified atom stereocenters. The molecule has 0 saturated heterocycles. The number of nitro groups is 1. The van der Waals surface area contributed by atoms with Gasteiger partial charge in [-0.05, 0) is 18.1 Å². The summed E-state index contributed by atoms with van der Waals surface area (Å²) in [5.74, 6) is -0.0783. The fourth-order valence-electron chi connectivity index (χ4n) is 2.25. The van der Waals surface area contributed by atoms with Crippen LogP contribution in [0.4, 0.5) is 5.69 Å². The molecule has 8 heteroatoms. The molecule has 1 amide bonds. The third-order valence-electron chi connectivity index (χ3n) is 3.51. The lowest BCUT2D eigenvalue weighted by molar-refractivity contribution is -0.384. The first-order valence-corrected chi connectivity index (χ1v) is 7.52. The number of nitrogens with zero attached hydrogens (tertiary/aromatic N) is 3. The van der Waals surface area contributed by atoms with Crippen molar-refractivity contribution in [2.24, 2.45) is 0 Å². The number of aromatic nitrogens is 2. The Hall–Kier alpha value is -3.55. The predicted octanol–water partition coefficient (Wildman–Crippen LogP) is 2.62. The van der Waals surface area contributed by atoms with Gasteiger partial charge in [-0.2, -0.15) is 0 Å². The number of nitrogens with one attached hydrogen (secondary N) is 1. The zero-order chi connectivity index (χ0) is 17.6. The van der Waals surface area contributed by atoms with Gasteiger partial charge in [0.15, 0.2) is 11.5 Å². The Balaban J connectivity index is 1.63. The molecule has 0 aliphatic rings. The first-order valence-electron chi connectivity index (χ1n) is 7.52. The summed E-state index contributed by atoms with van der Waals surface area (Å²) in [5.41, 5.74) is 1.56. The van der Waals surface area contributed by atoms with E-state index in [4.69, 9.17) is 4.52 Å². The van der Waals surface area contributed by atoms with Crippen LogP contribution in [0.25, 0.3) is 11.3 Å². The first-order chi connectivity index (χ1) is 12.1. The van der Waals surface area contributed by atoms with Gasteiger partial charge in [0.1, 0.15) is 0 Å². The molecule has 0 atom stereocenters. The van der Waals surface area contributed by atoms with Crippen LogP contribution < -0.4 is 5.32 Å². The van der Waals surface area contributed by atoms with E-state index in [1.54, 1.807) is 24.5 Å². The number of pyridine rings is 1. The highest BCUT2D eigenvalue weighted by atomic mass is 16.6. The number of benzene rings is 1. The highest BCUT2D eigenvalue weighted by Crippen LogP contribution is 2.24. The van der Waals surface area contributed by atoms with E-state index in [0.717, 1.165) is 5.56 Å². The molecule has 0 spiro atoms. The number of rotatable bonds is 6. The van der Waals surface area contributed by atoms with Crippen LogP contribution in [0.5, 0.6) is 0 Å². The lowest BCUT2D eigenvalue weighted by Crippen LogP contribution is -2.25. The number of carbonyl (C=O) groups excluding carboxylic acids is 1. The van der Waals surface area contributed by atoms with E-state index in [1.165, 1.54) is 18.2 Å². The second-order valence-corrected chi connectivity index (χ2v) is 5.25. The molecule has 3 aromatic rings. The molecule has 1 aromatic carbocycles. The van der Waals surface area contributed by atoms with Gasteiger partial charge >= 0.3 is 0 Å². The summed E-state index contributed by atoms with van der Waals surface area (Å²) in [7, 11) is 0. The maximum Gasteiger partial charge on any atom is 0.273 e. The molecule has 0 aliphatic carbocycles. The van der Waals surface area contributed by atoms with Crippen molar-refractivity contribution >= 4 is 11.6 Å². The molecule has 126 valence electrons. The summed E-state index contributed by atoms with van der Waals surface area (Å²) in [6.07, 6.45) is 4.07. The summed E-state index contributed by atoms with van der Waals surface area (Å²) in [5, 5.41) is 17.3. The highest BCUT2D eigenvalue weighted by Gasteiger charge is 2.15. The molecule has 3 rings (SSSR count). The Morgan fingerprint density at radius 3 is 2.88 bits per heavy atom. The number of hydrogen-bond donors (Lipinski definition) is 1. The summed E-state index contributed by atoms with van der Waals surface area (Å²) >= 11 is 0. The van der Waals surface area contributed by atoms with E-state index in [0.29, 0.717) is 24.3 Å². The van der Waals surface area contributed by atoms with Gasteiger partial charge in [0, 0.05) is 42.7 Å². The van der Waals surface area contributed by atoms with E-state index in [1.807, 2.05) is 12.1 Å². The molecule has 2 aromatic heterocycles. The minimum Gasteiger partial charge on any atom is -0.355 e. The molecule has 0 saturated carbocycles. The van der Waals surface area contributed by atoms with Crippen LogP contribution in [0.1, 0.15) is 16.1 Å². The maximum atomic E-state index is 12.1. The van der Waals surface area contributed by atoms with Crippen molar-refractivity contribution in [3.05, 3.63) is 76.2 Å². The monoisotopic (exact) mass is 338 g/mol. The molecule has 2 heterocycles. The van der Waals surface area contributed by atoms with Gasteiger partial charge in [0.2, 0.25) is 0 Å². The minimum absolute atomic E-state index is 0.0589. The van der Waals surface area contributed by atoms with E-state index in [2.05, 4.69) is 15.5 Å². The smallest absolute Gasteiger partial charge is 0.273 e. The lowest BCUT2D eigenvalue weighted by atomic mass is 10.1. The molecule has 8 nitrogen and oxygen atoms in total. The zero-order valence-electron chi connectivity index (χ0n) is 13.1. The van der Waals surface area contributed by atoms with E-state index < -0.39 is 4.92 Å². The third kappa shape index (κ3) is 4.05. The summed E-state index contributed by atoms with van der Waals surface area (Å²) in [6.45, 7) is 0.434. The predicted molar refractivity (Wildman–Crippen MR) is 88.9 cm³/mol. The van der Waals surface area contributed by atoms with Crippen molar-refractivity contribution in [3.8, 4) is 11.3 Å². The Morgan fingerprint density at radius 2 is 2.12 bits per heavy atom. The molecule has 0 aliphatic heterocycles. The molecular formula is C17H14N4O4. The fourth-order valence-corrected chi connectivity index (χ4v) is 2.25. The number of amides is 1. The van der Waals surface area contributed by atoms with Gasteiger partial charge < -0.3 is 9.84 Å². The fraction of sp³-hybridized carbons (Fsp3) is 0.118. The lowest BCUT2D eigenvalue weighted by Gasteiger charge is -2.02. The van der Waals surface area contributed by atoms with Crippen molar-refractivity contribution in [1.29, 1.82) is 0 Å². The summed E-state index contributed by atoms with van der Waals surface area (Å²) in [4.78, 5) is 26.4. The summed E-state index contributed by atoms with van der Waals surface area (Å²) < 4.78 is 5.13. The van der Waals surface area contributed by atoms with E-state index in [-0.39, 0.29) is 17.3 Å². The van der Waals surface area contributed by atoms with Gasteiger partial charge in [0.25, 0.3) is 11.6 Å². The van der Waals surface area contributed by atoms with Gasteiger partial charge in [-0.3, -0.25) is 19.9 Å². The van der Waals surface area contributed by atoms with Crippen LogP contribution in [-0.2, 0) is 6.42 Å². The Kier molecular flexibility index (Phi) is 4.79. The molecular weight excluding hydrogens is 324 g/mol. The Bertz CT molecular complexity index is 892. The van der Waals surface area contributed by atoms with Gasteiger partial charge in [0.05, 0.1) is 4.92 Å². The molecule has 0 radical (unpaired) electrons. The average molecular weight is 338 g/mol. The van der Waals surface area contributed by atoms with Crippen molar-refractivity contribution in [3.63, 3.8) is 0 Å². The van der Waals surface area contributed by atoms with Gasteiger partial charge in [-0.15, -0.1) is 0 Å². The number of hydrogen-bond acceptors (Lipinski definition) is 6. The van der Waals surface area contributed by atoms with Crippen LogP contribution in [0.15, 0.2) is 59.4 Å². The molecule has 25 heavy (non-hydrogen) atoms. The highest BCUT2D eigenvalue weighted by molar-refractivity contribution is 5.93. The molecule has 1 N–H and O–H groups in total. The van der Waals surface area contributed by atoms with E-state index in [9.17, 15) is 14.9 Å². The normalized spacial score (nSPS) is 10.4. The van der Waals surface area contributed by atoms with Gasteiger partial charge in [-0.25, -0.2) is 0 Å². The van der Waals surface area contributed by atoms with Crippen LogP contribution in [0.2, 0.25) is 0 Å². The standard InChI is InChI=1S/C17H14N4O4/c22-17(19-8-6-12-3-2-7-18-11-12)15-10-16(25-20-15)13-4-1-5-14(9-13)21(23)24/h1-5,7,9-11H,6,8H2,(H,19,22). The van der Waals surface area contributed by atoms with Crippen LogP contribution >= 0.6 is 0 Å². The van der Waals surface area contributed by atoms with Crippen molar-refractivity contribution in [2.45, 2.75) is 6.42 Å². The SMILES string of the molecule is O=C(NCCc1cccnc1)c1cc(-c2cccc([N+](=O)[O-])c2)on1. The second kappa shape index (κ2) is 7.35. The Labute approximate surface area is 142 Å².